The maximum atomic E-state index is 13.1. The lowest BCUT2D eigenvalue weighted by Crippen LogP contribution is -2.46. The molecule has 3 amide bonds. The molecule has 2 aromatic rings. The monoisotopic (exact) mass is 556 g/mol. The fraction of sp³-hybridized carbons (Fsp3) is 0.458. The minimum absolute atomic E-state index is 0.0231. The topological polar surface area (TPSA) is 116 Å². The molecule has 0 saturated carbocycles. The fourth-order valence-electron chi connectivity index (χ4n) is 3.99. The molecule has 0 bridgehead atoms. The number of nitrogens with zero attached hydrogens (tertiary/aromatic N) is 3. The number of nitrogens with one attached hydrogen (secondary N) is 3. The lowest BCUT2D eigenvalue weighted by molar-refractivity contribution is -0.129. The molecule has 4 heterocycles. The molecule has 2 aliphatic rings. The predicted octanol–water partition coefficient (Wildman–Crippen LogP) is 2.97. The Hall–Kier alpha value is -2.89. The normalized spacial score (nSPS) is 16.4. The van der Waals surface area contributed by atoms with Gasteiger partial charge < -0.3 is 20.9 Å². The molecule has 2 aliphatic heterocycles. The molecule has 37 heavy (non-hydrogen) atoms. The summed E-state index contributed by atoms with van der Waals surface area (Å²) < 4.78 is 26.1. The van der Waals surface area contributed by atoms with Crippen LogP contribution >= 0.6 is 23.2 Å². The minimum Gasteiger partial charge on any atom is -0.349 e. The average molecular weight is 557 g/mol. The molecule has 0 unspecified atom stereocenters. The number of amides is 3. The number of hydrogen-bond donors (Lipinski definition) is 3. The third-order valence-electron chi connectivity index (χ3n) is 6.05. The number of rotatable bonds is 4. The highest BCUT2D eigenvalue weighted by Gasteiger charge is 2.23. The Bertz CT molecular complexity index is 1130. The van der Waals surface area contributed by atoms with Crippen LogP contribution in [0.1, 0.15) is 53.3 Å². The third kappa shape index (κ3) is 8.58. The van der Waals surface area contributed by atoms with Gasteiger partial charge in [-0.1, -0.05) is 23.2 Å². The summed E-state index contributed by atoms with van der Waals surface area (Å²) in [4.78, 5) is 44.0. The van der Waals surface area contributed by atoms with Crippen LogP contribution in [0, 0.1) is 11.6 Å². The van der Waals surface area contributed by atoms with E-state index in [1.165, 1.54) is 6.92 Å². The number of hydrogen-bond acceptors (Lipinski definition) is 6. The Morgan fingerprint density at radius 3 is 1.73 bits per heavy atom. The van der Waals surface area contributed by atoms with Crippen LogP contribution in [0.5, 0.6) is 0 Å². The summed E-state index contributed by atoms with van der Waals surface area (Å²) >= 11 is 11.5. The first kappa shape index (κ1) is 28.7. The minimum atomic E-state index is -0.606. The van der Waals surface area contributed by atoms with Crippen molar-refractivity contribution in [2.24, 2.45) is 0 Å². The van der Waals surface area contributed by atoms with Gasteiger partial charge in [0, 0.05) is 32.1 Å². The van der Waals surface area contributed by atoms with Crippen molar-refractivity contribution in [2.75, 3.05) is 26.2 Å². The van der Waals surface area contributed by atoms with Crippen molar-refractivity contribution in [1.29, 1.82) is 0 Å². The van der Waals surface area contributed by atoms with Gasteiger partial charge in [0.05, 0.1) is 23.5 Å². The van der Waals surface area contributed by atoms with Gasteiger partial charge in [0.1, 0.15) is 21.9 Å². The summed E-state index contributed by atoms with van der Waals surface area (Å²) in [5.41, 5.74) is 0.117. The Morgan fingerprint density at radius 1 is 0.865 bits per heavy atom. The zero-order valence-electron chi connectivity index (χ0n) is 20.2. The van der Waals surface area contributed by atoms with Gasteiger partial charge >= 0.3 is 0 Å². The number of carbonyl (C=O) groups excluding carboxylic acids is 3. The first-order valence-electron chi connectivity index (χ1n) is 11.8. The summed E-state index contributed by atoms with van der Waals surface area (Å²) in [5, 5.41) is 8.83. The summed E-state index contributed by atoms with van der Waals surface area (Å²) in [6.45, 7) is 4.49. The van der Waals surface area contributed by atoms with E-state index in [-0.39, 0.29) is 45.3 Å². The second kappa shape index (κ2) is 13.6. The van der Waals surface area contributed by atoms with E-state index in [1.54, 1.807) is 4.90 Å². The quantitative estimate of drug-likeness (QED) is 0.498. The van der Waals surface area contributed by atoms with E-state index < -0.39 is 17.5 Å². The van der Waals surface area contributed by atoms with Gasteiger partial charge in [0.2, 0.25) is 5.91 Å². The third-order valence-corrected chi connectivity index (χ3v) is 6.65. The van der Waals surface area contributed by atoms with Crippen LogP contribution in [-0.2, 0) is 4.79 Å². The van der Waals surface area contributed by atoms with E-state index in [9.17, 15) is 23.2 Å². The van der Waals surface area contributed by atoms with Gasteiger partial charge in [-0.25, -0.2) is 18.7 Å². The predicted molar refractivity (Wildman–Crippen MR) is 135 cm³/mol. The standard InChI is InChI=1S/C13H15ClFN3O2.C11H13ClFN3O/c1-8(19)18-4-2-10(3-5-18)17-13(20)11-6-9(15)7-16-12(11)14;12-10-9(5-7(13)6-15-10)11(17)16-8-1-3-14-4-2-8/h6-7,10H,2-5H2,1H3,(H,17,20);5-6,8,14H,1-4H2,(H,16,17). The molecule has 3 N–H and O–H groups in total. The summed E-state index contributed by atoms with van der Waals surface area (Å²) in [7, 11) is 0. The summed E-state index contributed by atoms with van der Waals surface area (Å²) in [6.07, 6.45) is 5.03. The van der Waals surface area contributed by atoms with Gasteiger partial charge in [-0.05, 0) is 50.9 Å². The van der Waals surface area contributed by atoms with Crippen molar-refractivity contribution >= 4 is 40.9 Å². The van der Waals surface area contributed by atoms with E-state index in [0.717, 1.165) is 50.5 Å². The highest BCUT2D eigenvalue weighted by molar-refractivity contribution is 6.33. The first-order chi connectivity index (χ1) is 17.6. The smallest absolute Gasteiger partial charge is 0.254 e. The maximum absolute atomic E-state index is 13.1. The van der Waals surface area contributed by atoms with Gasteiger partial charge in [0.25, 0.3) is 11.8 Å². The van der Waals surface area contributed by atoms with Crippen molar-refractivity contribution in [3.63, 3.8) is 0 Å². The van der Waals surface area contributed by atoms with Crippen LogP contribution in [0.25, 0.3) is 0 Å². The van der Waals surface area contributed by atoms with Gasteiger partial charge in [-0.3, -0.25) is 14.4 Å². The second-order valence-corrected chi connectivity index (χ2v) is 9.45. The van der Waals surface area contributed by atoms with E-state index in [4.69, 9.17) is 23.2 Å². The lowest BCUT2D eigenvalue weighted by Gasteiger charge is -2.31. The second-order valence-electron chi connectivity index (χ2n) is 8.74. The maximum Gasteiger partial charge on any atom is 0.254 e. The van der Waals surface area contributed by atoms with Gasteiger partial charge in [-0.2, -0.15) is 0 Å². The Morgan fingerprint density at radius 2 is 1.30 bits per heavy atom. The molecule has 4 rings (SSSR count). The number of likely N-dealkylation sites (tertiary alicyclic amines) is 1. The van der Waals surface area contributed by atoms with Crippen LogP contribution in [-0.4, -0.2) is 70.9 Å². The molecule has 13 heteroatoms. The molecule has 2 saturated heterocycles. The van der Waals surface area contributed by atoms with Crippen LogP contribution in [0.15, 0.2) is 24.5 Å². The van der Waals surface area contributed by atoms with Crippen molar-refractivity contribution in [3.8, 4) is 0 Å². The molecule has 0 atom stereocenters. The SMILES string of the molecule is CC(=O)N1CCC(NC(=O)c2cc(F)cnc2Cl)CC1.O=C(NC1CCNCC1)c1cc(F)cnc1Cl. The summed E-state index contributed by atoms with van der Waals surface area (Å²) in [5.74, 6) is -1.94. The van der Waals surface area contributed by atoms with Crippen LogP contribution in [0.4, 0.5) is 8.78 Å². The number of piperidine rings is 2. The van der Waals surface area contributed by atoms with Gasteiger partial charge in [0.15, 0.2) is 0 Å². The molecule has 0 radical (unpaired) electrons. The van der Waals surface area contributed by atoms with Gasteiger partial charge in [-0.15, -0.1) is 0 Å². The highest BCUT2D eigenvalue weighted by Crippen LogP contribution is 2.17. The molecule has 0 aliphatic carbocycles. The molecule has 0 spiro atoms. The van der Waals surface area contributed by atoms with Crippen molar-refractivity contribution in [3.05, 3.63) is 57.6 Å². The number of halogens is 4. The van der Waals surface area contributed by atoms with Crippen molar-refractivity contribution in [2.45, 2.75) is 44.7 Å². The zero-order valence-corrected chi connectivity index (χ0v) is 21.7. The first-order valence-corrected chi connectivity index (χ1v) is 12.6. The summed E-state index contributed by atoms with van der Waals surface area (Å²) in [6, 6.07) is 2.24. The number of carbonyl (C=O) groups is 3. The number of aromatic nitrogens is 2. The van der Waals surface area contributed by atoms with E-state index in [1.807, 2.05) is 0 Å². The fourth-order valence-corrected chi connectivity index (χ4v) is 4.37. The highest BCUT2D eigenvalue weighted by atomic mass is 35.5. The molecule has 2 fully saturated rings. The lowest BCUT2D eigenvalue weighted by atomic mass is 10.0. The van der Waals surface area contributed by atoms with Crippen molar-refractivity contribution in [1.82, 2.24) is 30.8 Å². The number of pyridine rings is 2. The largest absolute Gasteiger partial charge is 0.349 e. The zero-order chi connectivity index (χ0) is 26.9. The molecule has 2 aromatic heterocycles. The molecular weight excluding hydrogens is 529 g/mol. The van der Waals surface area contributed by atoms with E-state index in [2.05, 4.69) is 25.9 Å². The van der Waals surface area contributed by atoms with Crippen LogP contribution in [0.3, 0.4) is 0 Å². The molecule has 0 aromatic carbocycles. The Kier molecular flexibility index (Phi) is 10.5. The molecule has 9 nitrogen and oxygen atoms in total. The molecular formula is C24H28Cl2F2N6O3. The average Bonchev–Trinajstić information content (AvgIpc) is 2.88. The molecule has 200 valence electrons. The van der Waals surface area contributed by atoms with Crippen LogP contribution < -0.4 is 16.0 Å². The van der Waals surface area contributed by atoms with Crippen LogP contribution in [0.2, 0.25) is 10.3 Å². The van der Waals surface area contributed by atoms with E-state index in [0.29, 0.717) is 25.9 Å². The van der Waals surface area contributed by atoms with Crippen molar-refractivity contribution < 1.29 is 23.2 Å². The Labute approximate surface area is 223 Å². The van der Waals surface area contributed by atoms with E-state index >= 15 is 0 Å². The Balaban J connectivity index is 0.000000208.